The first-order chi connectivity index (χ1) is 19.6. The lowest BCUT2D eigenvalue weighted by Gasteiger charge is -2.18. The number of carboxylic acids is 1. The second-order valence-corrected chi connectivity index (χ2v) is 10.4. The molecule has 230 valence electrons. The summed E-state index contributed by atoms with van der Waals surface area (Å²) in [5, 5.41) is 29.0. The molecular weight excluding hydrogens is 678 g/mol. The van der Waals surface area contributed by atoms with E-state index in [-0.39, 0.29) is 13.0 Å². The number of hydrogen-bond donors (Lipinski definition) is 4. The average Bonchev–Trinajstić information content (AvgIpc) is 3.37. The van der Waals surface area contributed by atoms with Crippen LogP contribution in [0.4, 0.5) is 13.2 Å². The van der Waals surface area contributed by atoms with Crippen molar-refractivity contribution in [1.29, 1.82) is 0 Å². The largest absolute Gasteiger partial charge is 0.494 e. The Morgan fingerprint density at radius 2 is 1.76 bits per heavy atom. The van der Waals surface area contributed by atoms with E-state index in [9.17, 15) is 28.2 Å². The first-order valence-electron chi connectivity index (χ1n) is 12.1. The summed E-state index contributed by atoms with van der Waals surface area (Å²) in [7, 11) is 0. The molecule has 2 heterocycles. The van der Waals surface area contributed by atoms with Gasteiger partial charge in [-0.1, -0.05) is 35.3 Å². The zero-order chi connectivity index (χ0) is 31.4. The predicted molar refractivity (Wildman–Crippen MR) is 147 cm³/mol. The lowest BCUT2D eigenvalue weighted by molar-refractivity contribution is -0.192. The minimum atomic E-state index is -5.08. The van der Waals surface area contributed by atoms with Crippen molar-refractivity contribution in [2.75, 3.05) is 13.2 Å². The molecule has 0 unspecified atom stereocenters. The van der Waals surface area contributed by atoms with Crippen LogP contribution in [0.2, 0.25) is 10.0 Å². The Hall–Kier alpha value is -2.66. The number of ether oxygens (including phenoxy) is 3. The number of esters is 1. The molecule has 3 aromatic rings. The Bertz CT molecular complexity index is 1410. The van der Waals surface area contributed by atoms with E-state index < -0.39 is 48.7 Å². The number of alkyl halides is 3. The van der Waals surface area contributed by atoms with Gasteiger partial charge in [0, 0.05) is 0 Å². The highest BCUT2D eigenvalue weighted by molar-refractivity contribution is 9.10. The van der Waals surface area contributed by atoms with Crippen molar-refractivity contribution in [1.82, 2.24) is 9.55 Å². The van der Waals surface area contributed by atoms with Crippen molar-refractivity contribution >= 4 is 62.1 Å². The zero-order valence-electron chi connectivity index (χ0n) is 21.6. The number of aliphatic carboxylic acids is 1. The van der Waals surface area contributed by atoms with E-state index in [2.05, 4.69) is 20.9 Å². The molecule has 0 saturated carbocycles. The monoisotopic (exact) mass is 701 g/mol. The van der Waals surface area contributed by atoms with E-state index in [0.717, 1.165) is 11.3 Å². The summed E-state index contributed by atoms with van der Waals surface area (Å²) in [5.41, 5.74) is 7.91. The fourth-order valence-corrected chi connectivity index (χ4v) is 4.78. The van der Waals surface area contributed by atoms with Gasteiger partial charge in [0.1, 0.15) is 36.7 Å². The maximum Gasteiger partial charge on any atom is 0.490 e. The quantitative estimate of drug-likeness (QED) is 0.253. The third-order valence-corrected chi connectivity index (χ3v) is 7.19. The molecule has 1 aromatic heterocycles. The summed E-state index contributed by atoms with van der Waals surface area (Å²) in [4.78, 5) is 25.7. The summed E-state index contributed by atoms with van der Waals surface area (Å²) in [5.74, 6) is -2.67. The number of benzene rings is 2. The van der Waals surface area contributed by atoms with Crippen LogP contribution >= 0.6 is 39.1 Å². The molecule has 1 saturated heterocycles. The molecule has 0 bridgehead atoms. The van der Waals surface area contributed by atoms with Gasteiger partial charge in [-0.2, -0.15) is 13.2 Å². The topological polar surface area (TPSA) is 166 Å². The van der Waals surface area contributed by atoms with Gasteiger partial charge >= 0.3 is 18.1 Å². The Morgan fingerprint density at radius 3 is 2.33 bits per heavy atom. The minimum absolute atomic E-state index is 0.266. The van der Waals surface area contributed by atoms with Crippen LogP contribution in [0.3, 0.4) is 0 Å². The highest BCUT2D eigenvalue weighted by Crippen LogP contribution is 2.37. The molecule has 1 aliphatic heterocycles. The number of imidazole rings is 1. The van der Waals surface area contributed by atoms with Crippen LogP contribution in [0.1, 0.15) is 18.7 Å². The van der Waals surface area contributed by atoms with E-state index in [1.165, 1.54) is 0 Å². The zero-order valence-corrected chi connectivity index (χ0v) is 24.7. The van der Waals surface area contributed by atoms with Crippen molar-refractivity contribution in [3.63, 3.8) is 0 Å². The maximum atomic E-state index is 12.4. The number of aromatic nitrogens is 2. The second kappa shape index (κ2) is 14.2. The Labute approximate surface area is 255 Å². The van der Waals surface area contributed by atoms with Crippen molar-refractivity contribution in [3.8, 4) is 5.75 Å². The number of carbonyl (C=O) groups is 2. The van der Waals surface area contributed by atoms with E-state index >= 15 is 0 Å². The fraction of sp³-hybridized carbons (Fsp3) is 0.400. The number of nitrogens with zero attached hydrogens (tertiary/aromatic N) is 2. The third-order valence-electron chi connectivity index (χ3n) is 5.91. The number of aliphatic hydroxyl groups is 2. The fourth-order valence-electron chi connectivity index (χ4n) is 3.88. The number of carbonyl (C=O) groups excluding carboxylic acids is 1. The van der Waals surface area contributed by atoms with Gasteiger partial charge in [0.2, 0.25) is 0 Å². The van der Waals surface area contributed by atoms with Gasteiger partial charge in [0.15, 0.2) is 11.0 Å². The Kier molecular flexibility index (Phi) is 11.4. The minimum Gasteiger partial charge on any atom is -0.494 e. The summed E-state index contributed by atoms with van der Waals surface area (Å²) >= 11 is 15.6. The molecule has 0 amide bonds. The number of halogens is 6. The van der Waals surface area contributed by atoms with Crippen LogP contribution in [-0.2, 0) is 25.5 Å². The van der Waals surface area contributed by atoms with E-state index in [0.29, 0.717) is 32.4 Å². The van der Waals surface area contributed by atoms with Crippen LogP contribution in [0.15, 0.2) is 41.1 Å². The van der Waals surface area contributed by atoms with Crippen molar-refractivity contribution in [2.45, 2.75) is 50.1 Å². The molecule has 1 fully saturated rings. The van der Waals surface area contributed by atoms with E-state index in [1.807, 2.05) is 19.1 Å². The smallest absolute Gasteiger partial charge is 0.490 e. The van der Waals surface area contributed by atoms with E-state index in [1.54, 1.807) is 28.8 Å². The van der Waals surface area contributed by atoms with E-state index in [4.69, 9.17) is 53.0 Å². The number of nitrogens with two attached hydrogens (primary N) is 1. The summed E-state index contributed by atoms with van der Waals surface area (Å²) in [6.45, 7) is 2.17. The molecule has 0 aliphatic carbocycles. The van der Waals surface area contributed by atoms with Crippen LogP contribution in [0.25, 0.3) is 11.0 Å². The molecule has 2 aromatic carbocycles. The van der Waals surface area contributed by atoms with Crippen molar-refractivity contribution < 1.29 is 52.3 Å². The molecule has 42 heavy (non-hydrogen) atoms. The molecule has 0 spiro atoms. The molecule has 5 atom stereocenters. The number of rotatable bonds is 8. The summed E-state index contributed by atoms with van der Waals surface area (Å²) in [6, 6.07) is 9.53. The SMILES string of the molecule is CCOc1ccc(C[C@H](N)C(=O)OC[C@H]2O[C@@H](n3c(Br)nc4cc(Cl)c(Cl)cc43)[C@H](O)[C@@H]2O)cc1.O=C(O)C(F)(F)F. The van der Waals surface area contributed by atoms with Crippen LogP contribution < -0.4 is 10.5 Å². The Morgan fingerprint density at radius 1 is 1.17 bits per heavy atom. The van der Waals surface area contributed by atoms with Gasteiger partial charge in [-0.3, -0.25) is 9.36 Å². The summed E-state index contributed by atoms with van der Waals surface area (Å²) < 4.78 is 50.2. The van der Waals surface area contributed by atoms with Crippen LogP contribution in [-0.4, -0.2) is 80.6 Å². The molecule has 1 aliphatic rings. The van der Waals surface area contributed by atoms with Gasteiger partial charge in [-0.25, -0.2) is 9.78 Å². The van der Waals surface area contributed by atoms with Gasteiger partial charge in [-0.15, -0.1) is 0 Å². The lowest BCUT2D eigenvalue weighted by atomic mass is 10.1. The van der Waals surface area contributed by atoms with Crippen molar-refractivity contribution in [2.24, 2.45) is 5.73 Å². The molecule has 5 N–H and O–H groups in total. The van der Waals surface area contributed by atoms with Gasteiger partial charge < -0.3 is 35.3 Å². The number of carboxylic acid groups (broad SMARTS) is 1. The van der Waals surface area contributed by atoms with Crippen LogP contribution in [0.5, 0.6) is 5.75 Å². The number of aliphatic hydroxyl groups excluding tert-OH is 2. The summed E-state index contributed by atoms with van der Waals surface area (Å²) in [6.07, 6.45) is -9.45. The normalized spacial score (nSPS) is 21.0. The predicted octanol–water partition coefficient (Wildman–Crippen LogP) is 3.87. The van der Waals surface area contributed by atoms with Gasteiger partial charge in [0.05, 0.1) is 27.7 Å². The van der Waals surface area contributed by atoms with Gasteiger partial charge in [0.25, 0.3) is 0 Å². The molecule has 0 radical (unpaired) electrons. The molecular formula is C25H25BrCl2F3N3O8. The van der Waals surface area contributed by atoms with Crippen LogP contribution in [0, 0.1) is 0 Å². The first-order valence-corrected chi connectivity index (χ1v) is 13.7. The first kappa shape index (κ1) is 33.8. The molecule has 4 rings (SSSR count). The third kappa shape index (κ3) is 8.24. The lowest BCUT2D eigenvalue weighted by Crippen LogP contribution is -2.38. The standard InChI is InChI=1S/C23H24BrCl2N3O6.C2HF3O2/c1-2-33-12-5-3-11(4-6-12)7-15(27)22(32)34-10-18-19(30)20(31)21(35-18)29-17-9-14(26)13(25)8-16(17)28-23(29)24;3-2(4,5)1(6)7/h3-6,8-9,15,18-21,30-31H,2,7,10,27H2,1H3;(H,6,7)/t15-,18+,19+,20+,21+;/m0./s1. The second-order valence-electron chi connectivity index (χ2n) is 8.87. The van der Waals surface area contributed by atoms with Gasteiger partial charge in [-0.05, 0) is 59.1 Å². The molecule has 17 heteroatoms. The molecule has 11 nitrogen and oxygen atoms in total. The number of hydrogen-bond acceptors (Lipinski definition) is 9. The van der Waals surface area contributed by atoms with Crippen molar-refractivity contribution in [3.05, 3.63) is 56.7 Å². The Balaban J connectivity index is 0.000000616. The average molecular weight is 703 g/mol. The number of fused-ring (bicyclic) bond motifs is 1. The highest BCUT2D eigenvalue weighted by Gasteiger charge is 2.45. The highest BCUT2D eigenvalue weighted by atomic mass is 79.9. The maximum absolute atomic E-state index is 12.4.